The van der Waals surface area contributed by atoms with Crippen molar-refractivity contribution in [2.24, 2.45) is 0 Å². The standard InChI is InChI=1S/C23H21F2NO3S/c1-15-9-10-20(30(2,28)29)14-21(15)23(27)26-22(17-6-4-8-19(25)13-17)12-16-5-3-7-18(24)11-16/h3-11,13-14,22H,12H2,1-2H3,(H,26,27). The Morgan fingerprint density at radius 3 is 2.27 bits per heavy atom. The number of nitrogens with one attached hydrogen (secondary N) is 1. The summed E-state index contributed by atoms with van der Waals surface area (Å²) < 4.78 is 51.1. The number of hydrogen-bond donors (Lipinski definition) is 1. The largest absolute Gasteiger partial charge is 0.345 e. The Balaban J connectivity index is 1.96. The lowest BCUT2D eigenvalue weighted by molar-refractivity contribution is 0.0935. The van der Waals surface area contributed by atoms with Gasteiger partial charge in [0.15, 0.2) is 9.84 Å². The van der Waals surface area contributed by atoms with E-state index in [9.17, 15) is 22.0 Å². The van der Waals surface area contributed by atoms with Crippen LogP contribution in [-0.2, 0) is 16.3 Å². The van der Waals surface area contributed by atoms with Crippen LogP contribution >= 0.6 is 0 Å². The molecule has 3 aromatic carbocycles. The lowest BCUT2D eigenvalue weighted by Crippen LogP contribution is -2.30. The Bertz CT molecular complexity index is 1190. The zero-order valence-corrected chi connectivity index (χ0v) is 17.3. The number of halogens is 2. The summed E-state index contributed by atoms with van der Waals surface area (Å²) in [5, 5.41) is 2.84. The molecule has 1 atom stereocenters. The number of carbonyl (C=O) groups excluding carboxylic acids is 1. The van der Waals surface area contributed by atoms with Crippen molar-refractivity contribution in [1.29, 1.82) is 0 Å². The van der Waals surface area contributed by atoms with E-state index in [0.29, 0.717) is 16.7 Å². The second-order valence-electron chi connectivity index (χ2n) is 7.16. The normalized spacial score (nSPS) is 12.4. The van der Waals surface area contributed by atoms with Crippen molar-refractivity contribution in [3.63, 3.8) is 0 Å². The molecule has 0 radical (unpaired) electrons. The van der Waals surface area contributed by atoms with Gasteiger partial charge in [-0.05, 0) is 66.4 Å². The predicted molar refractivity (Wildman–Crippen MR) is 111 cm³/mol. The van der Waals surface area contributed by atoms with Crippen LogP contribution in [0, 0.1) is 18.6 Å². The summed E-state index contributed by atoms with van der Waals surface area (Å²) in [5.41, 5.74) is 1.96. The van der Waals surface area contributed by atoms with Gasteiger partial charge in [-0.15, -0.1) is 0 Å². The highest BCUT2D eigenvalue weighted by Crippen LogP contribution is 2.22. The van der Waals surface area contributed by atoms with Gasteiger partial charge in [0.25, 0.3) is 5.91 Å². The molecule has 1 unspecified atom stereocenters. The first kappa shape index (κ1) is 21.6. The molecule has 0 aliphatic heterocycles. The molecule has 0 heterocycles. The van der Waals surface area contributed by atoms with Crippen LogP contribution in [0.3, 0.4) is 0 Å². The smallest absolute Gasteiger partial charge is 0.252 e. The molecule has 156 valence electrons. The number of benzene rings is 3. The first-order chi connectivity index (χ1) is 14.1. The lowest BCUT2D eigenvalue weighted by Gasteiger charge is -2.20. The highest BCUT2D eigenvalue weighted by atomic mass is 32.2. The molecular formula is C23H21F2NO3S. The van der Waals surface area contributed by atoms with E-state index >= 15 is 0 Å². The summed E-state index contributed by atoms with van der Waals surface area (Å²) in [5.74, 6) is -1.36. The molecule has 3 rings (SSSR count). The minimum atomic E-state index is -3.49. The number of amides is 1. The molecule has 0 saturated carbocycles. The van der Waals surface area contributed by atoms with Gasteiger partial charge in [0, 0.05) is 11.8 Å². The molecule has 0 saturated heterocycles. The number of aryl methyl sites for hydroxylation is 1. The lowest BCUT2D eigenvalue weighted by atomic mass is 9.97. The molecule has 0 spiro atoms. The summed E-state index contributed by atoms with van der Waals surface area (Å²) in [7, 11) is -3.49. The van der Waals surface area contributed by atoms with Gasteiger partial charge >= 0.3 is 0 Å². The van der Waals surface area contributed by atoms with E-state index in [2.05, 4.69) is 5.32 Å². The van der Waals surface area contributed by atoms with Crippen LogP contribution in [0.25, 0.3) is 0 Å². The fraction of sp³-hybridized carbons (Fsp3) is 0.174. The summed E-state index contributed by atoms with van der Waals surface area (Å²) in [6.07, 6.45) is 1.30. The van der Waals surface area contributed by atoms with E-state index < -0.39 is 33.4 Å². The maximum Gasteiger partial charge on any atom is 0.252 e. The van der Waals surface area contributed by atoms with Gasteiger partial charge in [-0.2, -0.15) is 0 Å². The SMILES string of the molecule is Cc1ccc(S(C)(=O)=O)cc1C(=O)NC(Cc1cccc(F)c1)c1cccc(F)c1. The van der Waals surface area contributed by atoms with Crippen molar-refractivity contribution in [3.05, 3.63) is 101 Å². The molecule has 0 aliphatic carbocycles. The van der Waals surface area contributed by atoms with Crippen LogP contribution in [0.2, 0.25) is 0 Å². The van der Waals surface area contributed by atoms with Gasteiger partial charge in [0.05, 0.1) is 10.9 Å². The maximum absolute atomic E-state index is 13.8. The topological polar surface area (TPSA) is 63.2 Å². The molecule has 0 aromatic heterocycles. The number of rotatable bonds is 6. The second kappa shape index (κ2) is 8.75. The molecule has 3 aromatic rings. The first-order valence-electron chi connectivity index (χ1n) is 9.25. The third-order valence-electron chi connectivity index (χ3n) is 4.77. The molecular weight excluding hydrogens is 408 g/mol. The Labute approximate surface area is 174 Å². The molecule has 30 heavy (non-hydrogen) atoms. The fourth-order valence-electron chi connectivity index (χ4n) is 3.19. The zero-order valence-electron chi connectivity index (χ0n) is 16.5. The third-order valence-corrected chi connectivity index (χ3v) is 5.88. The predicted octanol–water partition coefficient (Wildman–Crippen LogP) is 4.39. The third kappa shape index (κ3) is 5.30. The monoisotopic (exact) mass is 429 g/mol. The molecule has 7 heteroatoms. The van der Waals surface area contributed by atoms with Crippen LogP contribution in [0.4, 0.5) is 8.78 Å². The van der Waals surface area contributed by atoms with E-state index in [1.807, 2.05) is 0 Å². The zero-order chi connectivity index (χ0) is 21.9. The summed E-state index contributed by atoms with van der Waals surface area (Å²) in [4.78, 5) is 13.0. The first-order valence-corrected chi connectivity index (χ1v) is 11.1. The molecule has 0 aliphatic rings. The van der Waals surface area contributed by atoms with Gasteiger partial charge in [0.1, 0.15) is 11.6 Å². The van der Waals surface area contributed by atoms with Crippen molar-refractivity contribution >= 4 is 15.7 Å². The van der Waals surface area contributed by atoms with Gasteiger partial charge < -0.3 is 5.32 Å². The van der Waals surface area contributed by atoms with Crippen molar-refractivity contribution in [2.75, 3.05) is 6.26 Å². The average Bonchev–Trinajstić information content (AvgIpc) is 2.67. The Kier molecular flexibility index (Phi) is 6.31. The van der Waals surface area contributed by atoms with Crippen molar-refractivity contribution < 1.29 is 22.0 Å². The van der Waals surface area contributed by atoms with Crippen molar-refractivity contribution in [2.45, 2.75) is 24.3 Å². The van der Waals surface area contributed by atoms with Gasteiger partial charge in [-0.3, -0.25) is 4.79 Å². The summed E-state index contributed by atoms with van der Waals surface area (Å²) in [6.45, 7) is 1.70. The van der Waals surface area contributed by atoms with Crippen LogP contribution in [0.15, 0.2) is 71.6 Å². The van der Waals surface area contributed by atoms with Crippen LogP contribution in [0.5, 0.6) is 0 Å². The highest BCUT2D eigenvalue weighted by molar-refractivity contribution is 7.90. The fourth-order valence-corrected chi connectivity index (χ4v) is 3.83. The van der Waals surface area contributed by atoms with Gasteiger partial charge in [0.2, 0.25) is 0 Å². The highest BCUT2D eigenvalue weighted by Gasteiger charge is 2.20. The average molecular weight is 429 g/mol. The van der Waals surface area contributed by atoms with Gasteiger partial charge in [-0.1, -0.05) is 30.3 Å². The summed E-state index contributed by atoms with van der Waals surface area (Å²) in [6, 6.07) is 15.5. The van der Waals surface area contributed by atoms with Crippen LogP contribution in [-0.4, -0.2) is 20.6 Å². The van der Waals surface area contributed by atoms with E-state index in [4.69, 9.17) is 0 Å². The van der Waals surface area contributed by atoms with E-state index in [0.717, 1.165) is 6.26 Å². The molecule has 0 fully saturated rings. The van der Waals surface area contributed by atoms with Crippen LogP contribution in [0.1, 0.15) is 33.1 Å². The Morgan fingerprint density at radius 1 is 0.967 bits per heavy atom. The second-order valence-corrected chi connectivity index (χ2v) is 9.18. The van der Waals surface area contributed by atoms with Gasteiger partial charge in [-0.25, -0.2) is 17.2 Å². The van der Waals surface area contributed by atoms with E-state index in [1.165, 1.54) is 42.5 Å². The van der Waals surface area contributed by atoms with E-state index in [-0.39, 0.29) is 16.9 Å². The van der Waals surface area contributed by atoms with E-state index in [1.54, 1.807) is 31.2 Å². The Hall–Kier alpha value is -3.06. The molecule has 0 bridgehead atoms. The number of carbonyl (C=O) groups is 1. The summed E-state index contributed by atoms with van der Waals surface area (Å²) >= 11 is 0. The van der Waals surface area contributed by atoms with Crippen molar-refractivity contribution in [1.82, 2.24) is 5.32 Å². The van der Waals surface area contributed by atoms with Crippen LogP contribution < -0.4 is 5.32 Å². The van der Waals surface area contributed by atoms with Crippen molar-refractivity contribution in [3.8, 4) is 0 Å². The molecule has 1 amide bonds. The molecule has 4 nitrogen and oxygen atoms in total. The molecule has 1 N–H and O–H groups in total. The Morgan fingerprint density at radius 2 is 1.63 bits per heavy atom. The quantitative estimate of drug-likeness (QED) is 0.632. The number of sulfone groups is 1. The number of hydrogen-bond acceptors (Lipinski definition) is 3. The maximum atomic E-state index is 13.8. The minimum absolute atomic E-state index is 0.0330. The minimum Gasteiger partial charge on any atom is -0.345 e.